The smallest absolute Gasteiger partial charge is 0.310 e. The van der Waals surface area contributed by atoms with E-state index in [1.54, 1.807) is 11.1 Å². The second-order valence-corrected chi connectivity index (χ2v) is 9.07. The lowest BCUT2D eigenvalue weighted by Crippen LogP contribution is -2.43. The highest BCUT2D eigenvalue weighted by Gasteiger charge is 2.34. The van der Waals surface area contributed by atoms with Gasteiger partial charge < -0.3 is 14.6 Å². The Bertz CT molecular complexity index is 934. The van der Waals surface area contributed by atoms with E-state index in [2.05, 4.69) is 4.98 Å². The van der Waals surface area contributed by atoms with Gasteiger partial charge in [0.15, 0.2) is 16.4 Å². The summed E-state index contributed by atoms with van der Waals surface area (Å²) in [4.78, 5) is 29.3. The molecule has 1 fully saturated rings. The average molecular weight is 392 g/mol. The van der Waals surface area contributed by atoms with Crippen LogP contribution in [0, 0.1) is 0 Å². The first-order chi connectivity index (χ1) is 12.9. The Balaban J connectivity index is 1.57. The molecule has 1 aromatic carbocycles. The first kappa shape index (κ1) is 19.4. The summed E-state index contributed by atoms with van der Waals surface area (Å²) in [5.41, 5.74) is 1.75. The van der Waals surface area contributed by atoms with Crippen molar-refractivity contribution in [1.29, 1.82) is 0 Å². The van der Waals surface area contributed by atoms with E-state index in [1.165, 1.54) is 0 Å². The Labute approximate surface area is 158 Å². The number of carbonyl (C=O) groups excluding carboxylic acids is 2. The van der Waals surface area contributed by atoms with Crippen LogP contribution in [-0.2, 0) is 30.6 Å². The van der Waals surface area contributed by atoms with Gasteiger partial charge in [-0.2, -0.15) is 0 Å². The van der Waals surface area contributed by atoms with Crippen LogP contribution >= 0.6 is 0 Å². The van der Waals surface area contributed by atoms with Crippen molar-refractivity contribution in [3.63, 3.8) is 0 Å². The average Bonchev–Trinajstić information content (AvgIpc) is 3.21. The predicted octanol–water partition coefficient (Wildman–Crippen LogP) is 1.68. The minimum atomic E-state index is -3.08. The Morgan fingerprint density at radius 2 is 2.07 bits per heavy atom. The first-order valence-corrected chi connectivity index (χ1v) is 10.9. The number of sulfone groups is 1. The number of nitrogens with one attached hydrogen (secondary N) is 1. The number of benzene rings is 1. The van der Waals surface area contributed by atoms with Crippen LogP contribution in [0.2, 0.25) is 0 Å². The van der Waals surface area contributed by atoms with E-state index in [1.807, 2.05) is 31.2 Å². The number of aromatic nitrogens is 1. The summed E-state index contributed by atoms with van der Waals surface area (Å²) in [6.45, 7) is 2.02. The molecular formula is C19H24N2O5S. The molecule has 0 spiro atoms. The minimum Gasteiger partial charge on any atom is -0.455 e. The number of esters is 1. The zero-order chi connectivity index (χ0) is 19.4. The number of hydrogen-bond acceptors (Lipinski definition) is 5. The van der Waals surface area contributed by atoms with Crippen LogP contribution in [0.4, 0.5) is 0 Å². The van der Waals surface area contributed by atoms with E-state index in [0.29, 0.717) is 19.4 Å². The first-order valence-electron chi connectivity index (χ1n) is 9.10. The number of carbonyl (C=O) groups is 2. The Morgan fingerprint density at radius 3 is 2.78 bits per heavy atom. The van der Waals surface area contributed by atoms with Crippen LogP contribution < -0.4 is 0 Å². The van der Waals surface area contributed by atoms with Gasteiger partial charge in [-0.25, -0.2) is 8.42 Å². The van der Waals surface area contributed by atoms with Crippen molar-refractivity contribution in [2.24, 2.45) is 0 Å². The molecular weight excluding hydrogens is 368 g/mol. The molecule has 7 nitrogen and oxygen atoms in total. The van der Waals surface area contributed by atoms with Crippen LogP contribution in [-0.4, -0.2) is 60.9 Å². The normalized spacial score (nSPS) is 18.5. The molecule has 1 aliphatic rings. The van der Waals surface area contributed by atoms with E-state index in [-0.39, 0.29) is 36.5 Å². The van der Waals surface area contributed by atoms with Gasteiger partial charge in [-0.3, -0.25) is 9.59 Å². The van der Waals surface area contributed by atoms with Crippen LogP contribution in [0.15, 0.2) is 30.5 Å². The molecule has 0 saturated carbocycles. The van der Waals surface area contributed by atoms with Crippen molar-refractivity contribution < 1.29 is 22.7 Å². The van der Waals surface area contributed by atoms with Crippen molar-refractivity contribution in [3.05, 3.63) is 36.0 Å². The standard InChI is InChI=1S/C19H24N2O5S/c1-2-8-21(15-7-9-27(24,25)13-15)18(22)12-26-19(23)10-14-11-20-17-6-4-3-5-16(14)17/h3-6,11,15,20H,2,7-10,12-13H2,1H3/t15-/m1/s1. The lowest BCUT2D eigenvalue weighted by molar-refractivity contribution is -0.152. The third-order valence-corrected chi connectivity index (χ3v) is 6.55. The molecule has 1 aliphatic heterocycles. The monoisotopic (exact) mass is 392 g/mol. The molecule has 0 aliphatic carbocycles. The molecule has 1 N–H and O–H groups in total. The predicted molar refractivity (Wildman–Crippen MR) is 102 cm³/mol. The Kier molecular flexibility index (Phi) is 5.84. The highest BCUT2D eigenvalue weighted by molar-refractivity contribution is 7.91. The molecule has 146 valence electrons. The topological polar surface area (TPSA) is 96.5 Å². The van der Waals surface area contributed by atoms with Gasteiger partial charge in [0.05, 0.1) is 17.9 Å². The van der Waals surface area contributed by atoms with E-state index in [4.69, 9.17) is 4.74 Å². The van der Waals surface area contributed by atoms with Crippen molar-refractivity contribution in [1.82, 2.24) is 9.88 Å². The number of nitrogens with zero attached hydrogens (tertiary/aromatic N) is 1. The van der Waals surface area contributed by atoms with Gasteiger partial charge in [-0.05, 0) is 24.5 Å². The Hall–Kier alpha value is -2.35. The maximum Gasteiger partial charge on any atom is 0.310 e. The number of fused-ring (bicyclic) bond motifs is 1. The summed E-state index contributed by atoms with van der Waals surface area (Å²) in [6, 6.07) is 7.32. The Morgan fingerprint density at radius 1 is 1.30 bits per heavy atom. The summed E-state index contributed by atoms with van der Waals surface area (Å²) < 4.78 is 28.6. The SMILES string of the molecule is CCCN(C(=O)COC(=O)Cc1c[nH]c2ccccc12)[C@@H]1CCS(=O)(=O)C1. The fourth-order valence-electron chi connectivity index (χ4n) is 3.48. The van der Waals surface area contributed by atoms with Gasteiger partial charge >= 0.3 is 5.97 Å². The molecule has 3 rings (SSSR count). The second kappa shape index (κ2) is 8.12. The fraction of sp³-hybridized carbons (Fsp3) is 0.474. The molecule has 1 saturated heterocycles. The number of aromatic amines is 1. The fourth-order valence-corrected chi connectivity index (χ4v) is 5.21. The lowest BCUT2D eigenvalue weighted by atomic mass is 10.1. The highest BCUT2D eigenvalue weighted by atomic mass is 32.2. The molecule has 0 bridgehead atoms. The lowest BCUT2D eigenvalue weighted by Gasteiger charge is -2.27. The van der Waals surface area contributed by atoms with Crippen molar-refractivity contribution in [3.8, 4) is 0 Å². The largest absolute Gasteiger partial charge is 0.455 e. The summed E-state index contributed by atoms with van der Waals surface area (Å²) in [7, 11) is -3.08. The van der Waals surface area contributed by atoms with Crippen LogP contribution in [0.25, 0.3) is 10.9 Å². The minimum absolute atomic E-state index is 0.0119. The third-order valence-electron chi connectivity index (χ3n) is 4.80. The number of amides is 1. The zero-order valence-corrected chi connectivity index (χ0v) is 16.1. The van der Waals surface area contributed by atoms with Crippen molar-refractivity contribution >= 4 is 32.6 Å². The molecule has 1 atom stereocenters. The van der Waals surface area contributed by atoms with E-state index in [9.17, 15) is 18.0 Å². The molecule has 2 aromatic rings. The maximum absolute atomic E-state index is 12.5. The van der Waals surface area contributed by atoms with Gasteiger partial charge in [0.25, 0.3) is 5.91 Å². The zero-order valence-electron chi connectivity index (χ0n) is 15.3. The van der Waals surface area contributed by atoms with Crippen molar-refractivity contribution in [2.45, 2.75) is 32.2 Å². The van der Waals surface area contributed by atoms with Gasteiger partial charge in [0.1, 0.15) is 0 Å². The molecule has 0 unspecified atom stereocenters. The van der Waals surface area contributed by atoms with Crippen molar-refractivity contribution in [2.75, 3.05) is 24.7 Å². The number of rotatable bonds is 7. The maximum atomic E-state index is 12.5. The molecule has 1 amide bonds. The van der Waals surface area contributed by atoms with Crippen LogP contribution in [0.1, 0.15) is 25.3 Å². The molecule has 1 aromatic heterocycles. The van der Waals surface area contributed by atoms with Gasteiger partial charge in [-0.15, -0.1) is 0 Å². The molecule has 8 heteroatoms. The quantitative estimate of drug-likeness (QED) is 0.723. The summed E-state index contributed by atoms with van der Waals surface area (Å²) >= 11 is 0. The second-order valence-electron chi connectivity index (χ2n) is 6.84. The molecule has 27 heavy (non-hydrogen) atoms. The van der Waals surface area contributed by atoms with Gasteiger partial charge in [0.2, 0.25) is 0 Å². The summed E-state index contributed by atoms with van der Waals surface area (Å²) in [6.07, 6.45) is 2.99. The number of para-hydroxylation sites is 1. The highest BCUT2D eigenvalue weighted by Crippen LogP contribution is 2.20. The number of hydrogen-bond donors (Lipinski definition) is 1. The molecule has 2 heterocycles. The van der Waals surface area contributed by atoms with E-state index >= 15 is 0 Å². The number of H-pyrrole nitrogens is 1. The summed E-state index contributed by atoms with van der Waals surface area (Å²) in [5, 5.41) is 0.949. The molecule has 0 radical (unpaired) electrons. The third kappa shape index (κ3) is 4.68. The van der Waals surface area contributed by atoms with Crippen LogP contribution in [0.3, 0.4) is 0 Å². The van der Waals surface area contributed by atoms with Crippen LogP contribution in [0.5, 0.6) is 0 Å². The van der Waals surface area contributed by atoms with E-state index < -0.39 is 15.8 Å². The van der Waals surface area contributed by atoms with Gasteiger partial charge in [-0.1, -0.05) is 25.1 Å². The number of ether oxygens (including phenoxy) is 1. The van der Waals surface area contributed by atoms with E-state index in [0.717, 1.165) is 16.5 Å². The summed E-state index contributed by atoms with van der Waals surface area (Å²) in [5.74, 6) is -0.733. The van der Waals surface area contributed by atoms with Gasteiger partial charge in [0, 0.05) is 29.7 Å².